The summed E-state index contributed by atoms with van der Waals surface area (Å²) in [5, 5.41) is 3.84. The average molecular weight is 318 g/mol. The van der Waals surface area contributed by atoms with E-state index in [1.165, 1.54) is 6.20 Å². The number of hydrogen-bond acceptors (Lipinski definition) is 6. The highest BCUT2D eigenvalue weighted by molar-refractivity contribution is 6.05. The number of anilines is 1. The zero-order valence-electron chi connectivity index (χ0n) is 13.9. The Bertz CT molecular complexity index is 701. The number of fused-ring (bicyclic) bond motifs is 1. The van der Waals surface area contributed by atoms with Crippen molar-refractivity contribution in [2.45, 2.75) is 20.8 Å². The molecule has 124 valence electrons. The molecule has 0 spiro atoms. The van der Waals surface area contributed by atoms with E-state index in [1.807, 2.05) is 26.0 Å². The number of esters is 1. The first kappa shape index (κ1) is 16.9. The topological polar surface area (TPSA) is 69.7 Å². The molecule has 2 aromatic rings. The minimum atomic E-state index is -0.405. The maximum Gasteiger partial charge on any atom is 0.341 e. The number of benzene rings is 1. The molecule has 0 aliphatic heterocycles. The smallest absolute Gasteiger partial charge is 0.341 e. The molecule has 0 unspecified atom stereocenters. The summed E-state index contributed by atoms with van der Waals surface area (Å²) in [6.45, 7) is 6.96. The van der Waals surface area contributed by atoms with Crippen LogP contribution in [0.2, 0.25) is 0 Å². The summed E-state index contributed by atoms with van der Waals surface area (Å²) in [5.41, 5.74) is 1.78. The van der Waals surface area contributed by atoms with E-state index >= 15 is 0 Å². The molecule has 1 heterocycles. The summed E-state index contributed by atoms with van der Waals surface area (Å²) in [6.07, 6.45) is 1.52. The van der Waals surface area contributed by atoms with Gasteiger partial charge in [0.25, 0.3) is 0 Å². The zero-order chi connectivity index (χ0) is 16.8. The predicted molar refractivity (Wildman–Crippen MR) is 89.6 cm³/mol. The maximum atomic E-state index is 12.1. The Morgan fingerprint density at radius 3 is 2.30 bits per heavy atom. The number of carbonyl (C=O) groups is 1. The van der Waals surface area contributed by atoms with Gasteiger partial charge < -0.3 is 19.5 Å². The van der Waals surface area contributed by atoms with Crippen LogP contribution in [0.1, 0.15) is 31.1 Å². The van der Waals surface area contributed by atoms with Gasteiger partial charge in [0.1, 0.15) is 5.56 Å². The third kappa shape index (κ3) is 3.47. The number of nitrogens with one attached hydrogen (secondary N) is 1. The highest BCUT2D eigenvalue weighted by atomic mass is 16.5. The van der Waals surface area contributed by atoms with Crippen molar-refractivity contribution in [3.05, 3.63) is 23.9 Å². The summed E-state index contributed by atoms with van der Waals surface area (Å²) < 4.78 is 16.3. The van der Waals surface area contributed by atoms with Crippen LogP contribution in [0.3, 0.4) is 0 Å². The Labute approximate surface area is 135 Å². The molecule has 0 radical (unpaired) electrons. The molecular formula is C17H22N2O4. The van der Waals surface area contributed by atoms with Crippen LogP contribution in [-0.2, 0) is 4.74 Å². The monoisotopic (exact) mass is 318 g/mol. The van der Waals surface area contributed by atoms with Crippen molar-refractivity contribution >= 4 is 22.6 Å². The van der Waals surface area contributed by atoms with Crippen molar-refractivity contribution in [3.8, 4) is 11.5 Å². The summed E-state index contributed by atoms with van der Waals surface area (Å²) in [6, 6.07) is 3.66. The van der Waals surface area contributed by atoms with E-state index in [-0.39, 0.29) is 0 Å². The van der Waals surface area contributed by atoms with E-state index in [1.54, 1.807) is 14.0 Å². The summed E-state index contributed by atoms with van der Waals surface area (Å²) in [4.78, 5) is 16.5. The number of carbonyl (C=O) groups excluding carboxylic acids is 1. The maximum absolute atomic E-state index is 12.1. The second-order valence-electron chi connectivity index (χ2n) is 4.70. The first-order chi connectivity index (χ1) is 11.2. The van der Waals surface area contributed by atoms with Gasteiger partial charge in [0, 0.05) is 24.7 Å². The van der Waals surface area contributed by atoms with Gasteiger partial charge in [-0.15, -0.1) is 0 Å². The first-order valence-electron chi connectivity index (χ1n) is 7.73. The number of pyridine rings is 1. The van der Waals surface area contributed by atoms with Gasteiger partial charge in [0.2, 0.25) is 0 Å². The molecule has 6 heteroatoms. The minimum absolute atomic E-state index is 0.313. The third-order valence-corrected chi connectivity index (χ3v) is 3.28. The van der Waals surface area contributed by atoms with Crippen LogP contribution in [0, 0.1) is 0 Å². The second-order valence-corrected chi connectivity index (χ2v) is 4.70. The summed E-state index contributed by atoms with van der Waals surface area (Å²) in [7, 11) is 1.76. The predicted octanol–water partition coefficient (Wildman–Crippen LogP) is 3.25. The third-order valence-electron chi connectivity index (χ3n) is 3.28. The molecule has 1 aromatic carbocycles. The molecule has 23 heavy (non-hydrogen) atoms. The highest BCUT2D eigenvalue weighted by Gasteiger charge is 2.18. The molecular weight excluding hydrogens is 296 g/mol. The Hall–Kier alpha value is -2.50. The summed E-state index contributed by atoms with van der Waals surface area (Å²) in [5.74, 6) is 0.861. The van der Waals surface area contributed by atoms with E-state index in [2.05, 4.69) is 10.3 Å². The minimum Gasteiger partial charge on any atom is -0.490 e. The van der Waals surface area contributed by atoms with Crippen LogP contribution < -0.4 is 14.8 Å². The molecule has 0 saturated heterocycles. The van der Waals surface area contributed by atoms with Crippen LogP contribution >= 0.6 is 0 Å². The lowest BCUT2D eigenvalue weighted by atomic mass is 10.1. The van der Waals surface area contributed by atoms with Crippen LogP contribution in [0.15, 0.2) is 18.3 Å². The number of nitrogens with zero attached hydrogens (tertiary/aromatic N) is 1. The molecule has 0 bridgehead atoms. The van der Waals surface area contributed by atoms with Crippen molar-refractivity contribution in [2.24, 2.45) is 0 Å². The molecule has 0 amide bonds. The Balaban J connectivity index is 2.64. The number of ether oxygens (including phenoxy) is 3. The fourth-order valence-corrected chi connectivity index (χ4v) is 2.37. The molecule has 1 N–H and O–H groups in total. The van der Waals surface area contributed by atoms with Crippen molar-refractivity contribution in [1.29, 1.82) is 0 Å². The van der Waals surface area contributed by atoms with Crippen molar-refractivity contribution in [2.75, 3.05) is 32.2 Å². The van der Waals surface area contributed by atoms with Crippen LogP contribution in [0.4, 0.5) is 5.69 Å². The molecule has 2 rings (SSSR count). The molecule has 0 atom stereocenters. The molecule has 0 aliphatic rings. The van der Waals surface area contributed by atoms with Crippen molar-refractivity contribution in [3.63, 3.8) is 0 Å². The van der Waals surface area contributed by atoms with Gasteiger partial charge in [-0.05, 0) is 26.8 Å². The van der Waals surface area contributed by atoms with Gasteiger partial charge in [0.05, 0.1) is 31.0 Å². The van der Waals surface area contributed by atoms with Crippen LogP contribution in [0.25, 0.3) is 10.9 Å². The van der Waals surface area contributed by atoms with Crippen LogP contribution in [0.5, 0.6) is 11.5 Å². The van der Waals surface area contributed by atoms with E-state index in [0.29, 0.717) is 48.1 Å². The van der Waals surface area contributed by atoms with E-state index < -0.39 is 5.97 Å². The van der Waals surface area contributed by atoms with Gasteiger partial charge >= 0.3 is 5.97 Å². The van der Waals surface area contributed by atoms with Gasteiger partial charge in [-0.3, -0.25) is 4.98 Å². The number of hydrogen-bond donors (Lipinski definition) is 1. The van der Waals surface area contributed by atoms with Gasteiger partial charge in [0.15, 0.2) is 11.5 Å². The fourth-order valence-electron chi connectivity index (χ4n) is 2.37. The van der Waals surface area contributed by atoms with E-state index in [9.17, 15) is 4.79 Å². The van der Waals surface area contributed by atoms with E-state index in [4.69, 9.17) is 14.2 Å². The normalized spacial score (nSPS) is 10.4. The van der Waals surface area contributed by atoms with Crippen LogP contribution in [-0.4, -0.2) is 37.8 Å². The standard InChI is InChI=1S/C17H22N2O4/c1-5-21-14-8-11-13(9-15(14)22-6-2)19-10-12(16(11)18-4)17(20)23-7-3/h8-10H,5-7H2,1-4H3,(H,18,19). The SMILES string of the molecule is CCOC(=O)c1cnc2cc(OCC)c(OCC)cc2c1NC. The van der Waals surface area contributed by atoms with Gasteiger partial charge in [-0.2, -0.15) is 0 Å². The Morgan fingerprint density at radius 2 is 1.74 bits per heavy atom. The van der Waals surface area contributed by atoms with Crippen molar-refractivity contribution in [1.82, 2.24) is 4.98 Å². The quantitative estimate of drug-likeness (QED) is 0.790. The number of rotatable bonds is 7. The summed E-state index contributed by atoms with van der Waals surface area (Å²) >= 11 is 0. The van der Waals surface area contributed by atoms with Crippen molar-refractivity contribution < 1.29 is 19.0 Å². The highest BCUT2D eigenvalue weighted by Crippen LogP contribution is 2.36. The zero-order valence-corrected chi connectivity index (χ0v) is 13.9. The lowest BCUT2D eigenvalue weighted by molar-refractivity contribution is 0.0527. The number of aromatic nitrogens is 1. The lowest BCUT2D eigenvalue weighted by Crippen LogP contribution is -2.09. The Morgan fingerprint density at radius 1 is 1.09 bits per heavy atom. The second kappa shape index (κ2) is 7.67. The largest absolute Gasteiger partial charge is 0.490 e. The molecule has 0 fully saturated rings. The molecule has 0 saturated carbocycles. The van der Waals surface area contributed by atoms with E-state index in [0.717, 1.165) is 5.39 Å². The molecule has 6 nitrogen and oxygen atoms in total. The van der Waals surface area contributed by atoms with Gasteiger partial charge in [-0.25, -0.2) is 4.79 Å². The molecule has 0 aliphatic carbocycles. The average Bonchev–Trinajstić information content (AvgIpc) is 2.55. The lowest BCUT2D eigenvalue weighted by Gasteiger charge is -2.15. The molecule has 1 aromatic heterocycles. The first-order valence-corrected chi connectivity index (χ1v) is 7.73. The van der Waals surface area contributed by atoms with Gasteiger partial charge in [-0.1, -0.05) is 0 Å². The Kier molecular flexibility index (Phi) is 5.62. The fraction of sp³-hybridized carbons (Fsp3) is 0.412.